The first-order chi connectivity index (χ1) is 17.3. The van der Waals surface area contributed by atoms with Crippen molar-refractivity contribution >= 4 is 48.8 Å². The number of rotatable bonds is 5. The highest BCUT2D eigenvalue weighted by Crippen LogP contribution is 2.47. The summed E-state index contributed by atoms with van der Waals surface area (Å²) in [5.74, 6) is 1.29. The van der Waals surface area contributed by atoms with Gasteiger partial charge in [0.2, 0.25) is 0 Å². The topological polar surface area (TPSA) is 46.8 Å². The SMILES string of the molecule is COc1cc(C(=O)N2C[C@H](C)C[C@@H](F)C2)cn2nc(-c3sc4cccc(Br)c4c3CC3CC3)c(C)c12. The minimum absolute atomic E-state index is 0.133. The fraction of sp³-hybridized carbons (Fsp3) is 0.429. The van der Waals surface area contributed by atoms with Gasteiger partial charge >= 0.3 is 0 Å². The van der Waals surface area contributed by atoms with Crippen molar-refractivity contribution in [2.45, 2.75) is 45.7 Å². The number of methoxy groups -OCH3 is 1. The molecule has 5 nitrogen and oxygen atoms in total. The number of amides is 1. The molecule has 0 N–H and O–H groups in total. The highest BCUT2D eigenvalue weighted by molar-refractivity contribution is 9.10. The minimum atomic E-state index is -0.987. The number of carbonyl (C=O) groups excluding carboxylic acids is 1. The van der Waals surface area contributed by atoms with Crippen LogP contribution in [0.4, 0.5) is 4.39 Å². The monoisotopic (exact) mass is 569 g/mol. The van der Waals surface area contributed by atoms with E-state index in [1.165, 1.54) is 33.4 Å². The number of likely N-dealkylation sites (tertiary alicyclic amines) is 1. The molecule has 1 saturated heterocycles. The Bertz CT molecular complexity index is 1480. The van der Waals surface area contributed by atoms with Gasteiger partial charge < -0.3 is 9.64 Å². The summed E-state index contributed by atoms with van der Waals surface area (Å²) < 4.78 is 24.1. The smallest absolute Gasteiger partial charge is 0.255 e. The van der Waals surface area contributed by atoms with Gasteiger partial charge in [0.15, 0.2) is 0 Å². The molecule has 4 heterocycles. The zero-order valence-corrected chi connectivity index (χ0v) is 23.1. The maximum atomic E-state index is 14.2. The third-order valence-electron chi connectivity index (χ3n) is 7.46. The Labute approximate surface area is 222 Å². The third-order valence-corrected chi connectivity index (χ3v) is 9.32. The van der Waals surface area contributed by atoms with Gasteiger partial charge in [-0.3, -0.25) is 4.79 Å². The van der Waals surface area contributed by atoms with E-state index in [2.05, 4.69) is 41.1 Å². The summed E-state index contributed by atoms with van der Waals surface area (Å²) in [6, 6.07) is 8.13. The van der Waals surface area contributed by atoms with Crippen molar-refractivity contribution in [1.82, 2.24) is 14.5 Å². The number of hydrogen-bond acceptors (Lipinski definition) is 4. The molecule has 1 saturated carbocycles. The first-order valence-corrected chi connectivity index (χ1v) is 14.2. The number of benzene rings is 1. The van der Waals surface area contributed by atoms with Crippen LogP contribution in [0.1, 0.15) is 47.7 Å². The van der Waals surface area contributed by atoms with E-state index in [-0.39, 0.29) is 18.4 Å². The predicted molar refractivity (Wildman–Crippen MR) is 146 cm³/mol. The zero-order valence-electron chi connectivity index (χ0n) is 20.7. The van der Waals surface area contributed by atoms with Gasteiger partial charge in [-0.25, -0.2) is 8.91 Å². The van der Waals surface area contributed by atoms with Crippen LogP contribution >= 0.6 is 27.3 Å². The number of hydrogen-bond donors (Lipinski definition) is 0. The molecule has 1 aliphatic heterocycles. The minimum Gasteiger partial charge on any atom is -0.494 e. The molecule has 1 amide bonds. The van der Waals surface area contributed by atoms with Crippen molar-refractivity contribution in [3.05, 3.63) is 51.6 Å². The predicted octanol–water partition coefficient (Wildman–Crippen LogP) is 7.07. The number of piperidine rings is 1. The van der Waals surface area contributed by atoms with E-state index < -0.39 is 6.17 Å². The van der Waals surface area contributed by atoms with E-state index >= 15 is 0 Å². The van der Waals surface area contributed by atoms with Crippen molar-refractivity contribution < 1.29 is 13.9 Å². The Morgan fingerprint density at radius 1 is 1.31 bits per heavy atom. The summed E-state index contributed by atoms with van der Waals surface area (Å²) in [5, 5.41) is 6.29. The fourth-order valence-corrected chi connectivity index (χ4v) is 7.60. The largest absolute Gasteiger partial charge is 0.494 e. The molecule has 6 rings (SSSR count). The number of fused-ring (bicyclic) bond motifs is 2. The van der Waals surface area contributed by atoms with Gasteiger partial charge in [0.05, 0.1) is 24.1 Å². The van der Waals surface area contributed by atoms with Crippen LogP contribution in [0.15, 0.2) is 34.9 Å². The molecule has 2 aliphatic rings. The molecule has 0 spiro atoms. The third kappa shape index (κ3) is 4.12. The molecule has 1 aromatic carbocycles. The number of nitrogens with zero attached hydrogens (tertiary/aromatic N) is 3. The Balaban J connectivity index is 1.48. The van der Waals surface area contributed by atoms with Crippen LogP contribution < -0.4 is 4.74 Å². The lowest BCUT2D eigenvalue weighted by Gasteiger charge is -2.33. The summed E-state index contributed by atoms with van der Waals surface area (Å²) in [4.78, 5) is 16.2. The van der Waals surface area contributed by atoms with Crippen molar-refractivity contribution in [1.29, 1.82) is 0 Å². The van der Waals surface area contributed by atoms with Crippen molar-refractivity contribution in [3.8, 4) is 16.3 Å². The Morgan fingerprint density at radius 2 is 2.11 bits per heavy atom. The van der Waals surface area contributed by atoms with E-state index in [1.54, 1.807) is 40.1 Å². The molecule has 8 heteroatoms. The van der Waals surface area contributed by atoms with Crippen molar-refractivity contribution in [3.63, 3.8) is 0 Å². The van der Waals surface area contributed by atoms with E-state index in [0.717, 1.165) is 33.6 Å². The molecular weight excluding hydrogens is 541 g/mol. The summed E-state index contributed by atoms with van der Waals surface area (Å²) >= 11 is 5.56. The molecule has 0 radical (unpaired) electrons. The fourth-order valence-electron chi connectivity index (χ4n) is 5.56. The summed E-state index contributed by atoms with van der Waals surface area (Å²) in [6.45, 7) is 4.75. The molecule has 2 atom stereocenters. The summed E-state index contributed by atoms with van der Waals surface area (Å²) in [5.41, 5.74) is 4.63. The second kappa shape index (κ2) is 9.14. The van der Waals surface area contributed by atoms with Gasteiger partial charge in [-0.2, -0.15) is 5.10 Å². The Morgan fingerprint density at radius 3 is 2.83 bits per heavy atom. The van der Waals surface area contributed by atoms with Gasteiger partial charge in [-0.15, -0.1) is 11.3 Å². The van der Waals surface area contributed by atoms with Crippen LogP contribution in [0.2, 0.25) is 0 Å². The average molecular weight is 571 g/mol. The van der Waals surface area contributed by atoms with Crippen molar-refractivity contribution in [2.24, 2.45) is 11.8 Å². The van der Waals surface area contributed by atoms with E-state index in [9.17, 15) is 9.18 Å². The average Bonchev–Trinajstić information content (AvgIpc) is 3.50. The van der Waals surface area contributed by atoms with Crippen LogP contribution in [0.5, 0.6) is 5.75 Å². The Kier molecular flexibility index (Phi) is 6.07. The number of alkyl halides is 1. The van der Waals surface area contributed by atoms with Gasteiger partial charge in [0.25, 0.3) is 5.91 Å². The van der Waals surface area contributed by atoms with Gasteiger partial charge in [-0.05, 0) is 68.2 Å². The van der Waals surface area contributed by atoms with Crippen LogP contribution in [0.25, 0.3) is 26.2 Å². The van der Waals surface area contributed by atoms with Gasteiger partial charge in [0, 0.05) is 32.9 Å². The lowest BCUT2D eigenvalue weighted by molar-refractivity contribution is 0.0554. The molecule has 188 valence electrons. The van der Waals surface area contributed by atoms with Crippen LogP contribution in [0.3, 0.4) is 0 Å². The van der Waals surface area contributed by atoms with Gasteiger partial charge in [-0.1, -0.05) is 28.9 Å². The number of pyridine rings is 1. The Hall–Kier alpha value is -2.45. The zero-order chi connectivity index (χ0) is 25.1. The summed E-state index contributed by atoms with van der Waals surface area (Å²) in [7, 11) is 1.62. The molecular formula is C28H29BrFN3O2S. The number of aromatic nitrogens is 2. The van der Waals surface area contributed by atoms with E-state index in [0.29, 0.717) is 24.3 Å². The number of thiophene rings is 1. The molecule has 3 aromatic heterocycles. The molecule has 0 bridgehead atoms. The lowest BCUT2D eigenvalue weighted by Crippen LogP contribution is -2.44. The highest BCUT2D eigenvalue weighted by Gasteiger charge is 2.31. The number of aryl methyl sites for hydroxylation is 1. The lowest BCUT2D eigenvalue weighted by atomic mass is 9.98. The second-order valence-electron chi connectivity index (χ2n) is 10.4. The number of halogens is 2. The first-order valence-electron chi connectivity index (χ1n) is 12.5. The second-order valence-corrected chi connectivity index (χ2v) is 12.3. The molecule has 2 fully saturated rings. The van der Waals surface area contributed by atoms with Gasteiger partial charge in [0.1, 0.15) is 23.1 Å². The highest BCUT2D eigenvalue weighted by atomic mass is 79.9. The maximum absolute atomic E-state index is 14.2. The molecule has 0 unspecified atom stereocenters. The van der Waals surface area contributed by atoms with E-state index in [4.69, 9.17) is 9.84 Å². The van der Waals surface area contributed by atoms with Crippen LogP contribution in [-0.4, -0.2) is 46.8 Å². The van der Waals surface area contributed by atoms with Crippen LogP contribution in [0, 0.1) is 18.8 Å². The van der Waals surface area contributed by atoms with E-state index in [1.807, 2.05) is 6.92 Å². The van der Waals surface area contributed by atoms with Crippen LogP contribution in [-0.2, 0) is 6.42 Å². The molecule has 4 aromatic rings. The normalized spacial score (nSPS) is 20.4. The maximum Gasteiger partial charge on any atom is 0.255 e. The number of carbonyl (C=O) groups is 1. The molecule has 1 aliphatic carbocycles. The number of ether oxygens (including phenoxy) is 1. The van der Waals surface area contributed by atoms with Crippen molar-refractivity contribution in [2.75, 3.05) is 20.2 Å². The quantitative estimate of drug-likeness (QED) is 0.258. The molecule has 36 heavy (non-hydrogen) atoms. The first kappa shape index (κ1) is 23.9. The standard InChI is InChI=1S/C28H29BrFN3O2S/c1-15-9-19(30)14-32(12-15)28(34)18-11-22(35-3)26-16(2)25(31-33(26)13-18)27-20(10-17-7-8-17)24-21(29)5-4-6-23(24)36-27/h4-6,11,13,15,17,19H,7-10,12,14H2,1-3H3/t15-,19-/m1/s1. The summed E-state index contributed by atoms with van der Waals surface area (Å²) in [6.07, 6.45) is 4.89.